The van der Waals surface area contributed by atoms with Crippen LogP contribution in [-0.4, -0.2) is 38.8 Å². The molecule has 0 aliphatic carbocycles. The summed E-state index contributed by atoms with van der Waals surface area (Å²) in [5.74, 6) is 0.540. The molecule has 0 unspecified atom stereocenters. The second kappa shape index (κ2) is 8.44. The topological polar surface area (TPSA) is 83.1 Å². The van der Waals surface area contributed by atoms with Crippen molar-refractivity contribution in [3.8, 4) is 17.2 Å². The summed E-state index contributed by atoms with van der Waals surface area (Å²) in [6.45, 7) is 2.59. The fraction of sp³-hybridized carbons (Fsp3) is 0.300. The van der Waals surface area contributed by atoms with Crippen molar-refractivity contribution in [2.75, 3.05) is 32.2 Å². The van der Waals surface area contributed by atoms with E-state index in [4.69, 9.17) is 18.9 Å². The average Bonchev–Trinajstić information content (AvgIpc) is 2.91. The Labute approximate surface area is 157 Å². The Morgan fingerprint density at radius 1 is 1.07 bits per heavy atom. The molecule has 3 rings (SSSR count). The van der Waals surface area contributed by atoms with Gasteiger partial charge in [-0.25, -0.2) is 4.79 Å². The lowest BCUT2D eigenvalue weighted by molar-refractivity contribution is -0.119. The molecule has 142 valence electrons. The first-order valence-corrected chi connectivity index (χ1v) is 8.58. The summed E-state index contributed by atoms with van der Waals surface area (Å²) in [4.78, 5) is 24.4. The SMILES string of the molecule is COc1ccc(C)cc1C(=O)OCC(=O)Nc1ccc2c(c1)OCCCO2. The normalized spacial score (nSPS) is 12.7. The van der Waals surface area contributed by atoms with E-state index in [0.717, 1.165) is 12.0 Å². The molecule has 7 nitrogen and oxygen atoms in total. The Morgan fingerprint density at radius 3 is 2.63 bits per heavy atom. The summed E-state index contributed by atoms with van der Waals surface area (Å²) in [5, 5.41) is 2.68. The van der Waals surface area contributed by atoms with E-state index >= 15 is 0 Å². The van der Waals surface area contributed by atoms with Crippen molar-refractivity contribution in [2.24, 2.45) is 0 Å². The Balaban J connectivity index is 1.59. The average molecular weight is 371 g/mol. The number of carbonyl (C=O) groups is 2. The quantitative estimate of drug-likeness (QED) is 0.814. The third kappa shape index (κ3) is 4.69. The van der Waals surface area contributed by atoms with Gasteiger partial charge in [-0.3, -0.25) is 4.79 Å². The van der Waals surface area contributed by atoms with Gasteiger partial charge in [-0.15, -0.1) is 0 Å². The van der Waals surface area contributed by atoms with Crippen molar-refractivity contribution < 1.29 is 28.5 Å². The smallest absolute Gasteiger partial charge is 0.342 e. The molecule has 2 aromatic rings. The number of anilines is 1. The molecule has 1 N–H and O–H groups in total. The van der Waals surface area contributed by atoms with E-state index in [1.54, 1.807) is 30.3 Å². The lowest BCUT2D eigenvalue weighted by Crippen LogP contribution is -2.21. The lowest BCUT2D eigenvalue weighted by Gasteiger charge is -2.11. The summed E-state index contributed by atoms with van der Waals surface area (Å²) in [7, 11) is 1.47. The molecule has 0 fully saturated rings. The molecule has 0 bridgehead atoms. The second-order valence-corrected chi connectivity index (χ2v) is 6.04. The van der Waals surface area contributed by atoms with E-state index in [-0.39, 0.29) is 5.56 Å². The molecule has 7 heteroatoms. The van der Waals surface area contributed by atoms with Crippen LogP contribution in [0.3, 0.4) is 0 Å². The maximum Gasteiger partial charge on any atom is 0.342 e. The van der Waals surface area contributed by atoms with E-state index in [0.29, 0.717) is 36.1 Å². The Morgan fingerprint density at radius 2 is 1.85 bits per heavy atom. The molecule has 0 radical (unpaired) electrons. The first kappa shape index (κ1) is 18.6. The molecule has 0 atom stereocenters. The van der Waals surface area contributed by atoms with Crippen LogP contribution in [0.4, 0.5) is 5.69 Å². The van der Waals surface area contributed by atoms with E-state index < -0.39 is 18.5 Å². The van der Waals surface area contributed by atoms with Crippen LogP contribution in [0.1, 0.15) is 22.3 Å². The number of nitrogens with one attached hydrogen (secondary N) is 1. The molecule has 0 spiro atoms. The van der Waals surface area contributed by atoms with Crippen molar-refractivity contribution in [2.45, 2.75) is 13.3 Å². The maximum absolute atomic E-state index is 12.2. The highest BCUT2D eigenvalue weighted by molar-refractivity contribution is 5.97. The predicted octanol–water partition coefficient (Wildman–Crippen LogP) is 2.96. The molecule has 2 aromatic carbocycles. The number of ether oxygens (including phenoxy) is 4. The van der Waals surface area contributed by atoms with Gasteiger partial charge in [0.15, 0.2) is 18.1 Å². The van der Waals surface area contributed by atoms with Gasteiger partial charge in [-0.05, 0) is 31.2 Å². The lowest BCUT2D eigenvalue weighted by atomic mass is 10.1. The number of amides is 1. The van der Waals surface area contributed by atoms with Crippen LogP contribution in [0.5, 0.6) is 17.2 Å². The van der Waals surface area contributed by atoms with Crippen LogP contribution in [0.25, 0.3) is 0 Å². The third-order valence-corrected chi connectivity index (χ3v) is 3.94. The minimum absolute atomic E-state index is 0.279. The first-order chi connectivity index (χ1) is 13.1. The van der Waals surface area contributed by atoms with Gasteiger partial charge in [-0.2, -0.15) is 0 Å². The first-order valence-electron chi connectivity index (χ1n) is 8.58. The van der Waals surface area contributed by atoms with Crippen LogP contribution in [-0.2, 0) is 9.53 Å². The summed E-state index contributed by atoms with van der Waals surface area (Å²) < 4.78 is 21.4. The van der Waals surface area contributed by atoms with E-state index in [1.165, 1.54) is 7.11 Å². The highest BCUT2D eigenvalue weighted by Crippen LogP contribution is 2.32. The summed E-state index contributed by atoms with van der Waals surface area (Å²) >= 11 is 0. The number of carbonyl (C=O) groups excluding carboxylic acids is 2. The standard InChI is InChI=1S/C20H21NO6/c1-13-4-6-16(24-2)15(10-13)20(23)27-12-19(22)21-14-5-7-17-18(11-14)26-9-3-8-25-17/h4-7,10-11H,3,8-9,12H2,1-2H3,(H,21,22). The summed E-state index contributed by atoms with van der Waals surface area (Å²) in [6.07, 6.45) is 0.800. The number of hydrogen-bond donors (Lipinski definition) is 1. The van der Waals surface area contributed by atoms with Gasteiger partial charge in [0.1, 0.15) is 11.3 Å². The van der Waals surface area contributed by atoms with E-state index in [9.17, 15) is 9.59 Å². The van der Waals surface area contributed by atoms with Crippen molar-refractivity contribution in [3.63, 3.8) is 0 Å². The molecular formula is C20H21NO6. The van der Waals surface area contributed by atoms with Crippen molar-refractivity contribution in [1.82, 2.24) is 0 Å². The molecular weight excluding hydrogens is 350 g/mol. The van der Waals surface area contributed by atoms with Gasteiger partial charge in [-0.1, -0.05) is 11.6 Å². The van der Waals surface area contributed by atoms with E-state index in [1.807, 2.05) is 13.0 Å². The number of hydrogen-bond acceptors (Lipinski definition) is 6. The number of fused-ring (bicyclic) bond motifs is 1. The van der Waals surface area contributed by atoms with Gasteiger partial charge < -0.3 is 24.3 Å². The number of methoxy groups -OCH3 is 1. The zero-order valence-electron chi connectivity index (χ0n) is 15.2. The van der Waals surface area contributed by atoms with Crippen LogP contribution < -0.4 is 19.5 Å². The van der Waals surface area contributed by atoms with E-state index in [2.05, 4.69) is 5.32 Å². The molecule has 0 saturated heterocycles. The highest BCUT2D eigenvalue weighted by Gasteiger charge is 2.16. The monoisotopic (exact) mass is 371 g/mol. The molecule has 1 aliphatic rings. The Kier molecular flexibility index (Phi) is 5.80. The zero-order valence-corrected chi connectivity index (χ0v) is 15.2. The van der Waals surface area contributed by atoms with Crippen LogP contribution >= 0.6 is 0 Å². The summed E-state index contributed by atoms with van der Waals surface area (Å²) in [5.41, 5.74) is 1.70. The summed E-state index contributed by atoms with van der Waals surface area (Å²) in [6, 6.07) is 10.3. The predicted molar refractivity (Wildman–Crippen MR) is 98.7 cm³/mol. The fourth-order valence-electron chi connectivity index (χ4n) is 2.63. The molecule has 0 aromatic heterocycles. The maximum atomic E-state index is 12.2. The van der Waals surface area contributed by atoms with Crippen molar-refractivity contribution >= 4 is 17.6 Å². The molecule has 1 heterocycles. The number of rotatable bonds is 5. The minimum Gasteiger partial charge on any atom is -0.496 e. The third-order valence-electron chi connectivity index (χ3n) is 3.94. The van der Waals surface area contributed by atoms with Gasteiger partial charge in [0.2, 0.25) is 0 Å². The molecule has 0 saturated carbocycles. The minimum atomic E-state index is -0.621. The zero-order chi connectivity index (χ0) is 19.2. The molecule has 27 heavy (non-hydrogen) atoms. The molecule has 1 amide bonds. The van der Waals surface area contributed by atoms with Crippen LogP contribution in [0.2, 0.25) is 0 Å². The number of esters is 1. The second-order valence-electron chi connectivity index (χ2n) is 6.04. The van der Waals surface area contributed by atoms with Crippen molar-refractivity contribution in [3.05, 3.63) is 47.5 Å². The van der Waals surface area contributed by atoms with Crippen molar-refractivity contribution in [1.29, 1.82) is 0 Å². The van der Waals surface area contributed by atoms with Gasteiger partial charge >= 0.3 is 5.97 Å². The largest absolute Gasteiger partial charge is 0.496 e. The van der Waals surface area contributed by atoms with Gasteiger partial charge in [0.25, 0.3) is 5.91 Å². The number of benzene rings is 2. The number of aryl methyl sites for hydroxylation is 1. The van der Waals surface area contributed by atoms with Crippen LogP contribution in [0.15, 0.2) is 36.4 Å². The van der Waals surface area contributed by atoms with Gasteiger partial charge in [0, 0.05) is 18.2 Å². The molecule has 1 aliphatic heterocycles. The highest BCUT2D eigenvalue weighted by atomic mass is 16.5. The van der Waals surface area contributed by atoms with Crippen LogP contribution in [0, 0.1) is 6.92 Å². The Bertz CT molecular complexity index is 848. The van der Waals surface area contributed by atoms with Gasteiger partial charge in [0.05, 0.1) is 20.3 Å². The fourth-order valence-corrected chi connectivity index (χ4v) is 2.63. The Hall–Kier alpha value is -3.22.